The average molecular weight is 380 g/mol. The van der Waals surface area contributed by atoms with Crippen molar-refractivity contribution in [2.45, 2.75) is 19.9 Å². The Balaban J connectivity index is 1.53. The monoisotopic (exact) mass is 380 g/mol. The third-order valence-corrected chi connectivity index (χ3v) is 4.11. The second-order valence-corrected chi connectivity index (χ2v) is 6.40. The molecule has 4 rings (SSSR count). The molecule has 10 heteroatoms. The summed E-state index contributed by atoms with van der Waals surface area (Å²) < 4.78 is 15.3. The third-order valence-electron chi connectivity index (χ3n) is 4.11. The van der Waals surface area contributed by atoms with Crippen LogP contribution in [0.1, 0.15) is 19.9 Å². The summed E-state index contributed by atoms with van der Waals surface area (Å²) in [6, 6.07) is 8.99. The lowest BCUT2D eigenvalue weighted by Crippen LogP contribution is -2.20. The van der Waals surface area contributed by atoms with Crippen molar-refractivity contribution < 1.29 is 9.18 Å². The number of hydrogen-bond acceptors (Lipinski definition) is 5. The smallest absolute Gasteiger partial charge is 0.310 e. The van der Waals surface area contributed by atoms with E-state index in [1.54, 1.807) is 30.6 Å². The lowest BCUT2D eigenvalue weighted by molar-refractivity contribution is 0.262. The molecule has 3 N–H and O–H groups in total. The van der Waals surface area contributed by atoms with E-state index in [2.05, 4.69) is 36.0 Å². The van der Waals surface area contributed by atoms with Crippen molar-refractivity contribution in [3.63, 3.8) is 0 Å². The molecule has 0 saturated heterocycles. The first-order valence-corrected chi connectivity index (χ1v) is 8.60. The van der Waals surface area contributed by atoms with Crippen molar-refractivity contribution in [1.82, 2.24) is 29.9 Å². The number of aromatic nitrogens is 6. The summed E-state index contributed by atoms with van der Waals surface area (Å²) in [7, 11) is 0. The molecule has 0 radical (unpaired) electrons. The van der Waals surface area contributed by atoms with Crippen LogP contribution >= 0.6 is 0 Å². The predicted molar refractivity (Wildman–Crippen MR) is 102 cm³/mol. The molecule has 0 saturated carbocycles. The first-order chi connectivity index (χ1) is 13.5. The first kappa shape index (κ1) is 17.6. The van der Waals surface area contributed by atoms with E-state index in [9.17, 15) is 9.18 Å². The zero-order valence-corrected chi connectivity index (χ0v) is 15.1. The van der Waals surface area contributed by atoms with Crippen molar-refractivity contribution in [3.8, 4) is 11.5 Å². The predicted octanol–water partition coefficient (Wildman–Crippen LogP) is 3.58. The number of anilines is 2. The molecule has 142 valence electrons. The van der Waals surface area contributed by atoms with Gasteiger partial charge in [-0.2, -0.15) is 5.10 Å². The molecule has 28 heavy (non-hydrogen) atoms. The lowest BCUT2D eigenvalue weighted by Gasteiger charge is -2.10. The Morgan fingerprint density at radius 3 is 2.89 bits per heavy atom. The van der Waals surface area contributed by atoms with Gasteiger partial charge in [-0.3, -0.25) is 15.7 Å². The van der Waals surface area contributed by atoms with E-state index in [1.807, 2.05) is 18.4 Å². The molecule has 0 atom stereocenters. The highest BCUT2D eigenvalue weighted by molar-refractivity contribution is 6.04. The highest BCUT2D eigenvalue weighted by Gasteiger charge is 2.14. The maximum atomic E-state index is 13.5. The van der Waals surface area contributed by atoms with Crippen molar-refractivity contribution in [2.75, 3.05) is 10.6 Å². The largest absolute Gasteiger partial charge is 0.326 e. The van der Waals surface area contributed by atoms with Gasteiger partial charge in [0.25, 0.3) is 0 Å². The number of rotatable bonds is 4. The van der Waals surface area contributed by atoms with E-state index in [-0.39, 0.29) is 11.9 Å². The van der Waals surface area contributed by atoms with Gasteiger partial charge < -0.3 is 4.57 Å². The molecule has 2 amide bonds. The molecule has 3 heterocycles. The van der Waals surface area contributed by atoms with Gasteiger partial charge >= 0.3 is 6.03 Å². The van der Waals surface area contributed by atoms with Gasteiger partial charge in [0, 0.05) is 11.4 Å². The number of nitrogens with zero attached hydrogens (tertiary/aromatic N) is 5. The van der Waals surface area contributed by atoms with Gasteiger partial charge in [-0.05, 0) is 44.2 Å². The van der Waals surface area contributed by atoms with E-state index in [4.69, 9.17) is 0 Å². The second-order valence-electron chi connectivity index (χ2n) is 6.40. The van der Waals surface area contributed by atoms with Crippen LogP contribution in [0.25, 0.3) is 22.4 Å². The highest BCUT2D eigenvalue weighted by Crippen LogP contribution is 2.22. The fourth-order valence-corrected chi connectivity index (χ4v) is 2.77. The first-order valence-electron chi connectivity index (χ1n) is 8.60. The lowest BCUT2D eigenvalue weighted by atomic mass is 10.2. The molecule has 0 aliphatic carbocycles. The van der Waals surface area contributed by atoms with Gasteiger partial charge in [-0.15, -0.1) is 10.2 Å². The van der Waals surface area contributed by atoms with Gasteiger partial charge in [-0.1, -0.05) is 6.07 Å². The van der Waals surface area contributed by atoms with Gasteiger partial charge in [-0.25, -0.2) is 14.2 Å². The average Bonchev–Trinajstić information content (AvgIpc) is 3.29. The maximum Gasteiger partial charge on any atom is 0.326 e. The molecule has 0 fully saturated rings. The molecule has 0 aliphatic rings. The number of carbonyl (C=O) groups is 1. The Hall–Kier alpha value is -3.82. The zero-order chi connectivity index (χ0) is 19.7. The Morgan fingerprint density at radius 1 is 1.21 bits per heavy atom. The number of hydrogen-bond donors (Lipinski definition) is 3. The summed E-state index contributed by atoms with van der Waals surface area (Å²) in [5.41, 5.74) is 1.20. The Labute approximate surface area is 159 Å². The SMILES string of the molecule is CC(C)n1cnnc1-c1cccc(NC(=O)Nc2n[nH]c3ccc(F)cc23)n1. The van der Waals surface area contributed by atoms with E-state index >= 15 is 0 Å². The standard InChI is InChI=1S/C18H17FN8O/c1-10(2)27-9-20-26-17(27)14-4-3-5-15(21-14)22-18(28)23-16-12-8-11(19)6-7-13(12)24-25-16/h3-10H,1-2H3,(H3,21,22,23,24,25,28). The number of nitrogens with one attached hydrogen (secondary N) is 3. The molecule has 0 bridgehead atoms. The minimum Gasteiger partial charge on any atom is -0.310 e. The number of benzene rings is 1. The van der Waals surface area contributed by atoms with Crippen LogP contribution in [0.15, 0.2) is 42.7 Å². The number of pyridine rings is 1. The van der Waals surface area contributed by atoms with Crippen LogP contribution in [0, 0.1) is 5.82 Å². The summed E-state index contributed by atoms with van der Waals surface area (Å²) in [6.45, 7) is 4.03. The van der Waals surface area contributed by atoms with E-state index in [0.717, 1.165) is 0 Å². The molecule has 1 aromatic carbocycles. The summed E-state index contributed by atoms with van der Waals surface area (Å²) in [5, 5.41) is 20.5. The maximum absolute atomic E-state index is 13.5. The number of halogens is 1. The molecule has 3 aromatic heterocycles. The molecular formula is C18H17FN8O. The fourth-order valence-electron chi connectivity index (χ4n) is 2.77. The van der Waals surface area contributed by atoms with Gasteiger partial charge in [0.1, 0.15) is 23.7 Å². The summed E-state index contributed by atoms with van der Waals surface area (Å²) >= 11 is 0. The molecule has 0 spiro atoms. The number of aromatic amines is 1. The number of carbonyl (C=O) groups excluding carboxylic acids is 1. The number of H-pyrrole nitrogens is 1. The van der Waals surface area contributed by atoms with Crippen LogP contribution < -0.4 is 10.6 Å². The molecule has 9 nitrogen and oxygen atoms in total. The van der Waals surface area contributed by atoms with Crippen molar-refractivity contribution in [3.05, 3.63) is 48.5 Å². The van der Waals surface area contributed by atoms with Crippen LogP contribution in [0.4, 0.5) is 20.8 Å². The molecule has 0 aliphatic heterocycles. The van der Waals surface area contributed by atoms with Crippen molar-refractivity contribution in [2.24, 2.45) is 0 Å². The second kappa shape index (κ2) is 7.06. The third kappa shape index (κ3) is 3.39. The van der Waals surface area contributed by atoms with Gasteiger partial charge in [0.15, 0.2) is 11.6 Å². The van der Waals surface area contributed by atoms with Crippen LogP contribution in [0.3, 0.4) is 0 Å². The summed E-state index contributed by atoms with van der Waals surface area (Å²) in [6.07, 6.45) is 1.64. The minimum atomic E-state index is -0.548. The van der Waals surface area contributed by atoms with E-state index in [1.165, 1.54) is 12.1 Å². The van der Waals surface area contributed by atoms with Gasteiger partial charge in [0.2, 0.25) is 0 Å². The molecule has 4 aromatic rings. The molecular weight excluding hydrogens is 363 g/mol. The van der Waals surface area contributed by atoms with Crippen LogP contribution in [0.5, 0.6) is 0 Å². The summed E-state index contributed by atoms with van der Waals surface area (Å²) in [4.78, 5) is 16.8. The van der Waals surface area contributed by atoms with Gasteiger partial charge in [0.05, 0.1) is 5.52 Å². The van der Waals surface area contributed by atoms with E-state index < -0.39 is 11.8 Å². The van der Waals surface area contributed by atoms with Crippen LogP contribution in [-0.2, 0) is 0 Å². The normalized spacial score (nSPS) is 11.1. The topological polar surface area (TPSA) is 113 Å². The summed E-state index contributed by atoms with van der Waals surface area (Å²) in [5.74, 6) is 0.746. The quantitative estimate of drug-likeness (QED) is 0.501. The molecule has 0 unspecified atom stereocenters. The Kier molecular flexibility index (Phi) is 4.44. The fraction of sp³-hybridized carbons (Fsp3) is 0.167. The van der Waals surface area contributed by atoms with E-state index in [0.29, 0.717) is 28.2 Å². The Bertz CT molecular complexity index is 1150. The minimum absolute atomic E-state index is 0.167. The zero-order valence-electron chi connectivity index (χ0n) is 15.1. The Morgan fingerprint density at radius 2 is 2.07 bits per heavy atom. The van der Waals surface area contributed by atoms with Crippen LogP contribution in [-0.4, -0.2) is 36.0 Å². The van der Waals surface area contributed by atoms with Crippen molar-refractivity contribution in [1.29, 1.82) is 0 Å². The van der Waals surface area contributed by atoms with Crippen LogP contribution in [0.2, 0.25) is 0 Å². The number of urea groups is 1. The van der Waals surface area contributed by atoms with Crippen molar-refractivity contribution >= 4 is 28.6 Å². The number of fused-ring (bicyclic) bond motifs is 1. The highest BCUT2D eigenvalue weighted by atomic mass is 19.1. The number of amides is 2.